The molecule has 4 heterocycles. The number of isothiocyanates is 4. The molecule has 0 fully saturated rings. The van der Waals surface area contributed by atoms with Crippen LogP contribution in [0.5, 0.6) is 0 Å². The van der Waals surface area contributed by atoms with Crippen molar-refractivity contribution in [1.29, 1.82) is 0 Å². The largest absolute Gasteiger partial charge is 2.00 e. The van der Waals surface area contributed by atoms with E-state index in [-0.39, 0.29) is 17.1 Å². The molecule has 0 aliphatic heterocycles. The van der Waals surface area contributed by atoms with Crippen molar-refractivity contribution in [3.8, 4) is 0 Å². The molecule has 49 heavy (non-hydrogen) atoms. The Morgan fingerprint density at radius 2 is 0.592 bits per heavy atom. The first-order valence-electron chi connectivity index (χ1n) is 13.3. The van der Waals surface area contributed by atoms with Gasteiger partial charge in [0.2, 0.25) is 0 Å². The van der Waals surface area contributed by atoms with Crippen molar-refractivity contribution >= 4 is 92.3 Å². The van der Waals surface area contributed by atoms with Gasteiger partial charge in [-0.15, -0.1) is 0 Å². The minimum absolute atomic E-state index is 0. The molecule has 0 aliphatic rings. The van der Waals surface area contributed by atoms with Gasteiger partial charge in [-0.25, -0.2) is 9.97 Å². The topological polar surface area (TPSA) is 156 Å². The molecule has 4 rings (SSSR count). The predicted molar refractivity (Wildman–Crippen MR) is 216 cm³/mol. The Bertz CT molecular complexity index is 1190. The number of H-pyrrole nitrogens is 2. The van der Waals surface area contributed by atoms with Crippen LogP contribution in [0.4, 0.5) is 22.7 Å². The Morgan fingerprint density at radius 3 is 0.714 bits per heavy atom. The van der Waals surface area contributed by atoms with Crippen molar-refractivity contribution in [1.82, 2.24) is 9.97 Å². The number of thiocarbonyl (C=S) groups is 4. The molecule has 1 radical (unpaired) electrons. The van der Waals surface area contributed by atoms with Crippen LogP contribution in [0, 0.1) is 0 Å². The number of hydrogen-bond acceptors (Lipinski definition) is 10. The molecule has 0 saturated carbocycles. The van der Waals surface area contributed by atoms with E-state index in [4.69, 9.17) is 21.6 Å². The van der Waals surface area contributed by atoms with E-state index in [1.165, 1.54) is 43.4 Å². The number of pyridine rings is 4. The van der Waals surface area contributed by atoms with Crippen molar-refractivity contribution < 1.29 is 27.0 Å². The molecular weight excluding hydrogens is 736 g/mol. The third kappa shape index (κ3) is 39.6. The smallest absolute Gasteiger partial charge is 0.753 e. The van der Waals surface area contributed by atoms with Gasteiger partial charge in [-0.05, 0) is 24.3 Å². The molecule has 0 saturated heterocycles. The Balaban J connectivity index is -0.000000158. The summed E-state index contributed by atoms with van der Waals surface area (Å²) in [6.07, 6.45) is 14.8. The zero-order valence-electron chi connectivity index (χ0n) is 28.7. The molecule has 0 amide bonds. The van der Waals surface area contributed by atoms with E-state index in [9.17, 15) is 0 Å². The van der Waals surface area contributed by atoms with E-state index < -0.39 is 0 Å². The zero-order chi connectivity index (χ0) is 37.6. The summed E-state index contributed by atoms with van der Waals surface area (Å²) in [5.74, 6) is 0. The normalized spacial score (nSPS) is 7.35. The van der Waals surface area contributed by atoms with Crippen LogP contribution in [0.1, 0.15) is 0 Å². The van der Waals surface area contributed by atoms with Crippen molar-refractivity contribution in [2.24, 2.45) is 0 Å². The fourth-order valence-corrected chi connectivity index (χ4v) is 2.64. The summed E-state index contributed by atoms with van der Waals surface area (Å²) in [4.78, 5) is 21.9. The maximum atomic E-state index is 7.13. The minimum atomic E-state index is 0. The average Bonchev–Trinajstić information content (AvgIpc) is 3.09. The van der Waals surface area contributed by atoms with Crippen LogP contribution >= 0.6 is 48.9 Å². The quantitative estimate of drug-likeness (QED) is 0.136. The second-order valence-corrected chi connectivity index (χ2v) is 9.60. The predicted octanol–water partition coefficient (Wildman–Crippen LogP) is 6.06. The van der Waals surface area contributed by atoms with Crippen molar-refractivity contribution in [3.63, 3.8) is 0 Å². The van der Waals surface area contributed by atoms with Crippen molar-refractivity contribution in [2.45, 2.75) is 0 Å². The van der Waals surface area contributed by atoms with Gasteiger partial charge in [-0.2, -0.15) is 20.6 Å². The molecule has 0 aromatic carbocycles. The molecule has 0 atom stereocenters. The number of anilines is 4. The van der Waals surface area contributed by atoms with Gasteiger partial charge in [0.1, 0.15) is 0 Å². The summed E-state index contributed by atoms with van der Waals surface area (Å²) in [7, 11) is 16.1. The van der Waals surface area contributed by atoms with Crippen molar-refractivity contribution in [2.75, 3.05) is 76.0 Å². The number of nitrogens with one attached hydrogen (secondary N) is 2. The third-order valence-corrected chi connectivity index (χ3v) is 4.79. The summed E-state index contributed by atoms with van der Waals surface area (Å²) in [5, 5.41) is 33.9. The summed E-state index contributed by atoms with van der Waals surface area (Å²) in [6.45, 7) is 0. The first-order valence-corrected chi connectivity index (χ1v) is 15.0. The van der Waals surface area contributed by atoms with Crippen LogP contribution in [0.25, 0.3) is 21.6 Å². The number of nitrogens with zero attached hydrogens (tertiary/aromatic N) is 10. The molecule has 0 unspecified atom stereocenters. The molecule has 0 bridgehead atoms. The average molecular weight is 778 g/mol. The van der Waals surface area contributed by atoms with Gasteiger partial charge in [0.05, 0.1) is 0 Å². The SMILES string of the molecule is CN(C)c1cc[nH+]cc1.CN(C)c1cc[nH+]cc1.CN(C)c1ccncc1.CN(C)c1ccncc1.[Mn+2].[N-]=C=S.[N-]=C=S.[N-]=C=S.[N-]=C=S. The number of aromatic nitrogens is 4. The van der Waals surface area contributed by atoms with Gasteiger partial charge in [-0.3, -0.25) is 9.97 Å². The van der Waals surface area contributed by atoms with Crippen LogP contribution < -0.4 is 29.6 Å². The maximum Gasteiger partial charge on any atom is 2.00 e. The fourth-order valence-electron chi connectivity index (χ4n) is 2.64. The second-order valence-electron chi connectivity index (χ2n) is 8.87. The number of hydrogen-bond donors (Lipinski definition) is 0. The molecular formula is C32H42MnN12S4. The zero-order valence-corrected chi connectivity index (χ0v) is 33.2. The third-order valence-electron chi connectivity index (χ3n) is 4.79. The molecule has 12 nitrogen and oxygen atoms in total. The maximum absolute atomic E-state index is 7.13. The molecule has 2 N–H and O–H groups in total. The Kier molecular flexibility index (Phi) is 45.8. The second kappa shape index (κ2) is 41.5. The number of rotatable bonds is 4. The Morgan fingerprint density at radius 1 is 0.429 bits per heavy atom. The van der Waals surface area contributed by atoms with Gasteiger partial charge in [0.15, 0.2) is 24.8 Å². The fraction of sp³-hybridized carbons (Fsp3) is 0.250. The van der Waals surface area contributed by atoms with E-state index in [1.807, 2.05) is 139 Å². The monoisotopic (exact) mass is 777 g/mol. The van der Waals surface area contributed by atoms with Crippen LogP contribution in [-0.4, -0.2) is 87.0 Å². The summed E-state index contributed by atoms with van der Waals surface area (Å²) >= 11 is 14.8. The van der Waals surface area contributed by atoms with E-state index in [0.29, 0.717) is 0 Å². The molecule has 261 valence electrons. The van der Waals surface area contributed by atoms with Gasteiger partial charge in [0.25, 0.3) is 0 Å². The van der Waals surface area contributed by atoms with Crippen LogP contribution in [0.2, 0.25) is 0 Å². The van der Waals surface area contributed by atoms with Gasteiger partial charge in [-0.1, -0.05) is 48.9 Å². The number of aromatic amines is 2. The molecule has 0 spiro atoms. The molecule has 17 heteroatoms. The molecule has 4 aromatic rings. The summed E-state index contributed by atoms with van der Waals surface area (Å²) in [6, 6.07) is 16.0. The Labute approximate surface area is 323 Å². The van der Waals surface area contributed by atoms with Crippen LogP contribution in [0.15, 0.2) is 98.1 Å². The van der Waals surface area contributed by atoms with E-state index in [1.54, 1.807) is 24.8 Å². The summed E-state index contributed by atoms with van der Waals surface area (Å²) in [5.41, 5.74) is 4.80. The van der Waals surface area contributed by atoms with E-state index in [2.05, 4.69) is 78.6 Å². The van der Waals surface area contributed by atoms with Gasteiger partial charge >= 0.3 is 17.1 Å². The molecule has 4 aromatic heterocycles. The van der Waals surface area contributed by atoms with Crippen molar-refractivity contribution in [3.05, 3.63) is 120 Å². The minimum Gasteiger partial charge on any atom is -0.753 e. The van der Waals surface area contributed by atoms with E-state index in [0.717, 1.165) is 0 Å². The summed E-state index contributed by atoms with van der Waals surface area (Å²) < 4.78 is 0. The van der Waals surface area contributed by atoms with Crippen LogP contribution in [0.3, 0.4) is 0 Å². The first kappa shape index (κ1) is 54.0. The van der Waals surface area contributed by atoms with Gasteiger partial charge in [0, 0.05) is 128 Å². The first-order chi connectivity index (χ1) is 22.9. The standard InChI is InChI=1S/4C7H10N2.4CNS.Mn/c4*1-9(2)7-3-5-8-6-4-7;4*2-1-3;/h4*3-6H,1-2H3;;;;;/q;;;;4*-1;+2/p+2. The van der Waals surface area contributed by atoms with Gasteiger partial charge < -0.3 is 41.2 Å². The Hall–Kier alpha value is -4.48. The van der Waals surface area contributed by atoms with E-state index >= 15 is 0 Å². The molecule has 0 aliphatic carbocycles. The van der Waals surface area contributed by atoms with Crippen LogP contribution in [-0.2, 0) is 17.1 Å².